The average Bonchev–Trinajstić information content (AvgIpc) is 2.45. The lowest BCUT2D eigenvalue weighted by Gasteiger charge is -2.36. The van der Waals surface area contributed by atoms with Crippen LogP contribution in [-0.4, -0.2) is 25.7 Å². The van der Waals surface area contributed by atoms with E-state index in [4.69, 9.17) is 4.74 Å². The Kier molecular flexibility index (Phi) is 5.10. The molecule has 1 aliphatic rings. The van der Waals surface area contributed by atoms with E-state index in [1.165, 1.54) is 32.8 Å². The highest BCUT2D eigenvalue weighted by atomic mass is 16.6. The van der Waals surface area contributed by atoms with Crippen LogP contribution >= 0.6 is 0 Å². The Morgan fingerprint density at radius 2 is 2.05 bits per heavy atom. The highest BCUT2D eigenvalue weighted by Gasteiger charge is 2.27. The largest absolute Gasteiger partial charge is 0.482 e. The van der Waals surface area contributed by atoms with Crippen LogP contribution in [-0.2, 0) is 9.53 Å². The Labute approximate surface area is 126 Å². The summed E-state index contributed by atoms with van der Waals surface area (Å²) in [7, 11) is 1.35. The number of benzene rings is 1. The van der Waals surface area contributed by atoms with Crippen molar-refractivity contribution in [3.8, 4) is 5.75 Å². The molecule has 0 amide bonds. The van der Waals surface area contributed by atoms with Gasteiger partial charge in [-0.25, -0.2) is 4.79 Å². The van der Waals surface area contributed by atoms with Crippen molar-refractivity contribution >= 4 is 11.7 Å². The van der Waals surface area contributed by atoms with Crippen LogP contribution in [0.25, 0.3) is 0 Å². The molecule has 4 heteroatoms. The molecule has 0 heterocycles. The normalized spacial score (nSPS) is 20.6. The maximum Gasteiger partial charge on any atom is 0.343 e. The summed E-state index contributed by atoms with van der Waals surface area (Å²) in [5.74, 6) is 0.302. The van der Waals surface area contributed by atoms with Gasteiger partial charge >= 0.3 is 5.97 Å². The lowest BCUT2D eigenvalue weighted by atomic mass is 9.75. The first-order valence-electron chi connectivity index (χ1n) is 7.55. The second kappa shape index (κ2) is 6.83. The van der Waals surface area contributed by atoms with Crippen molar-refractivity contribution in [2.75, 3.05) is 19.0 Å². The van der Waals surface area contributed by atoms with E-state index >= 15 is 0 Å². The number of hydrogen-bond acceptors (Lipinski definition) is 4. The zero-order valence-corrected chi connectivity index (χ0v) is 13.1. The molecule has 1 unspecified atom stereocenters. The Morgan fingerprint density at radius 3 is 2.67 bits per heavy atom. The number of carbonyl (C=O) groups excluding carboxylic acids is 1. The smallest absolute Gasteiger partial charge is 0.343 e. The summed E-state index contributed by atoms with van der Waals surface area (Å²) in [5.41, 5.74) is 1.53. The fourth-order valence-electron chi connectivity index (χ4n) is 2.91. The van der Waals surface area contributed by atoms with Crippen molar-refractivity contribution in [2.45, 2.75) is 45.6 Å². The quantitative estimate of drug-likeness (QED) is 0.842. The molecule has 4 nitrogen and oxygen atoms in total. The van der Waals surface area contributed by atoms with Crippen LogP contribution < -0.4 is 10.1 Å². The highest BCUT2D eigenvalue weighted by molar-refractivity contribution is 5.70. The number of hydrogen-bond donors (Lipinski definition) is 1. The van der Waals surface area contributed by atoms with Crippen LogP contribution in [0.15, 0.2) is 24.3 Å². The Bertz CT molecular complexity index is 467. The fraction of sp³-hybridized carbons (Fsp3) is 0.588. The Morgan fingerprint density at radius 1 is 1.33 bits per heavy atom. The summed E-state index contributed by atoms with van der Waals surface area (Å²) in [4.78, 5) is 11.0. The van der Waals surface area contributed by atoms with Gasteiger partial charge in [-0.1, -0.05) is 20.3 Å². The van der Waals surface area contributed by atoms with Gasteiger partial charge in [0.05, 0.1) is 7.11 Å². The summed E-state index contributed by atoms with van der Waals surface area (Å²) < 4.78 is 9.87. The summed E-state index contributed by atoms with van der Waals surface area (Å²) in [6.07, 6.45) is 5.02. The van der Waals surface area contributed by atoms with Gasteiger partial charge in [-0.2, -0.15) is 0 Å². The molecule has 1 saturated carbocycles. The highest BCUT2D eigenvalue weighted by Crippen LogP contribution is 2.36. The van der Waals surface area contributed by atoms with Gasteiger partial charge in [0, 0.05) is 11.7 Å². The second-order valence-electron chi connectivity index (χ2n) is 6.49. The molecule has 0 aromatic heterocycles. The number of nitrogens with one attached hydrogen (secondary N) is 1. The first-order chi connectivity index (χ1) is 9.98. The van der Waals surface area contributed by atoms with E-state index in [0.29, 0.717) is 17.2 Å². The van der Waals surface area contributed by atoms with Gasteiger partial charge < -0.3 is 14.8 Å². The van der Waals surface area contributed by atoms with Crippen LogP contribution in [0.3, 0.4) is 0 Å². The van der Waals surface area contributed by atoms with Crippen molar-refractivity contribution < 1.29 is 14.3 Å². The van der Waals surface area contributed by atoms with Crippen molar-refractivity contribution in [3.63, 3.8) is 0 Å². The minimum Gasteiger partial charge on any atom is -0.482 e. The van der Waals surface area contributed by atoms with Gasteiger partial charge in [0.25, 0.3) is 0 Å². The number of esters is 1. The maximum atomic E-state index is 11.0. The molecule has 116 valence electrons. The standard InChI is InChI=1S/C17H25NO3/c1-17(2)10-4-5-14(11-17)18-13-6-8-15(9-7-13)21-12-16(19)20-3/h6-9,14,18H,4-5,10-12H2,1-3H3. The summed E-state index contributed by atoms with van der Waals surface area (Å²) in [6.45, 7) is 4.62. The molecule has 1 aromatic carbocycles. The zero-order valence-electron chi connectivity index (χ0n) is 13.1. The number of rotatable bonds is 5. The fourth-order valence-corrected chi connectivity index (χ4v) is 2.91. The Balaban J connectivity index is 1.86. The molecule has 0 aliphatic heterocycles. The van der Waals surface area contributed by atoms with Gasteiger partial charge in [-0.3, -0.25) is 0 Å². The summed E-state index contributed by atoms with van der Waals surface area (Å²) in [5, 5.41) is 3.59. The lowest BCUT2D eigenvalue weighted by Crippen LogP contribution is -2.31. The molecule has 1 N–H and O–H groups in total. The SMILES string of the molecule is COC(=O)COc1ccc(NC2CCCC(C)(C)C2)cc1. The van der Waals surface area contributed by atoms with E-state index in [9.17, 15) is 4.79 Å². The van der Waals surface area contributed by atoms with E-state index in [1.807, 2.05) is 24.3 Å². The first-order valence-corrected chi connectivity index (χ1v) is 7.55. The van der Waals surface area contributed by atoms with Gasteiger partial charge in [0.2, 0.25) is 0 Å². The van der Waals surface area contributed by atoms with Crippen LogP contribution in [0.5, 0.6) is 5.75 Å². The molecule has 0 spiro atoms. The number of anilines is 1. The molecule has 1 atom stereocenters. The molecule has 0 radical (unpaired) electrons. The van der Waals surface area contributed by atoms with E-state index in [0.717, 1.165) is 5.69 Å². The van der Waals surface area contributed by atoms with Gasteiger partial charge in [-0.15, -0.1) is 0 Å². The van der Waals surface area contributed by atoms with Gasteiger partial charge in [-0.05, 0) is 48.9 Å². The summed E-state index contributed by atoms with van der Waals surface area (Å²) in [6, 6.07) is 8.27. The number of methoxy groups -OCH3 is 1. The molecule has 0 saturated heterocycles. The predicted octanol–water partition coefficient (Wildman–Crippen LogP) is 3.62. The van der Waals surface area contributed by atoms with Crippen LogP contribution in [0, 0.1) is 5.41 Å². The van der Waals surface area contributed by atoms with Gasteiger partial charge in [0.1, 0.15) is 5.75 Å². The molecule has 1 aromatic rings. The molecule has 21 heavy (non-hydrogen) atoms. The van der Waals surface area contributed by atoms with Crippen molar-refractivity contribution in [3.05, 3.63) is 24.3 Å². The van der Waals surface area contributed by atoms with E-state index in [1.54, 1.807) is 0 Å². The molecular weight excluding hydrogens is 266 g/mol. The van der Waals surface area contributed by atoms with E-state index in [2.05, 4.69) is 23.9 Å². The first kappa shape index (κ1) is 15.7. The lowest BCUT2D eigenvalue weighted by molar-refractivity contribution is -0.142. The third kappa shape index (κ3) is 4.96. The third-order valence-corrected chi connectivity index (χ3v) is 4.01. The monoisotopic (exact) mass is 291 g/mol. The average molecular weight is 291 g/mol. The van der Waals surface area contributed by atoms with Crippen molar-refractivity contribution in [2.24, 2.45) is 5.41 Å². The van der Waals surface area contributed by atoms with Crippen LogP contribution in [0.2, 0.25) is 0 Å². The number of ether oxygens (including phenoxy) is 2. The molecular formula is C17H25NO3. The second-order valence-corrected chi connectivity index (χ2v) is 6.49. The van der Waals surface area contributed by atoms with Crippen LogP contribution in [0.1, 0.15) is 39.5 Å². The molecule has 0 bridgehead atoms. The molecule has 1 fully saturated rings. The van der Waals surface area contributed by atoms with Crippen LogP contribution in [0.4, 0.5) is 5.69 Å². The maximum absolute atomic E-state index is 11.0. The van der Waals surface area contributed by atoms with Crippen molar-refractivity contribution in [1.82, 2.24) is 0 Å². The minimum absolute atomic E-state index is 0.0555. The van der Waals surface area contributed by atoms with E-state index < -0.39 is 0 Å². The topological polar surface area (TPSA) is 47.6 Å². The third-order valence-electron chi connectivity index (χ3n) is 4.01. The molecule has 2 rings (SSSR count). The summed E-state index contributed by atoms with van der Waals surface area (Å²) >= 11 is 0. The zero-order chi connectivity index (χ0) is 15.3. The minimum atomic E-state index is -0.373. The molecule has 1 aliphatic carbocycles. The van der Waals surface area contributed by atoms with Crippen molar-refractivity contribution in [1.29, 1.82) is 0 Å². The van der Waals surface area contributed by atoms with E-state index in [-0.39, 0.29) is 12.6 Å². The Hall–Kier alpha value is -1.71. The van der Waals surface area contributed by atoms with Gasteiger partial charge in [0.15, 0.2) is 6.61 Å². The predicted molar refractivity (Wildman–Crippen MR) is 83.6 cm³/mol. The number of carbonyl (C=O) groups is 1.